The maximum atomic E-state index is 12.3. The third-order valence-electron chi connectivity index (χ3n) is 2.82. The van der Waals surface area contributed by atoms with Crippen LogP contribution in [-0.2, 0) is 6.54 Å². The van der Waals surface area contributed by atoms with Crippen molar-refractivity contribution < 1.29 is 4.79 Å². The average Bonchev–Trinajstić information content (AvgIpc) is 2.80. The van der Waals surface area contributed by atoms with Crippen LogP contribution in [-0.4, -0.2) is 15.3 Å². The van der Waals surface area contributed by atoms with Crippen molar-refractivity contribution in [3.8, 4) is 0 Å². The number of benzene rings is 1. The molecule has 0 aliphatic rings. The number of hydrogen-bond acceptors (Lipinski definition) is 2. The van der Waals surface area contributed by atoms with Gasteiger partial charge >= 0.3 is 0 Å². The van der Waals surface area contributed by atoms with Gasteiger partial charge in [0.25, 0.3) is 0 Å². The first-order valence-corrected chi connectivity index (χ1v) is 6.33. The molecule has 0 amide bonds. The average molecular weight is 263 g/mol. The molecule has 0 fully saturated rings. The lowest BCUT2D eigenvalue weighted by molar-refractivity contribution is 0.102. The minimum atomic E-state index is -0.0876. The molecule has 18 heavy (non-hydrogen) atoms. The molecule has 0 unspecified atom stereocenters. The Morgan fingerprint density at radius 1 is 1.44 bits per heavy atom. The van der Waals surface area contributed by atoms with E-state index in [1.807, 2.05) is 23.8 Å². The van der Waals surface area contributed by atoms with Gasteiger partial charge in [-0.05, 0) is 25.0 Å². The zero-order valence-corrected chi connectivity index (χ0v) is 11.2. The van der Waals surface area contributed by atoms with Gasteiger partial charge in [-0.15, -0.1) is 0 Å². The van der Waals surface area contributed by atoms with Gasteiger partial charge in [-0.1, -0.05) is 30.7 Å². The molecule has 0 aliphatic carbocycles. The van der Waals surface area contributed by atoms with Crippen molar-refractivity contribution >= 4 is 17.4 Å². The van der Waals surface area contributed by atoms with Crippen LogP contribution in [0.25, 0.3) is 0 Å². The summed E-state index contributed by atoms with van der Waals surface area (Å²) in [4.78, 5) is 16.5. The van der Waals surface area contributed by atoms with E-state index < -0.39 is 0 Å². The van der Waals surface area contributed by atoms with Crippen LogP contribution in [0.4, 0.5) is 0 Å². The van der Waals surface area contributed by atoms with E-state index in [-0.39, 0.29) is 5.78 Å². The molecule has 2 aromatic rings. The lowest BCUT2D eigenvalue weighted by Gasteiger charge is -2.06. The zero-order valence-electron chi connectivity index (χ0n) is 10.5. The minimum Gasteiger partial charge on any atom is -0.328 e. The quantitative estimate of drug-likeness (QED) is 0.791. The van der Waals surface area contributed by atoms with Crippen LogP contribution in [0.15, 0.2) is 30.6 Å². The topological polar surface area (TPSA) is 34.9 Å². The monoisotopic (exact) mass is 262 g/mol. The second-order valence-corrected chi connectivity index (χ2v) is 4.64. The summed E-state index contributed by atoms with van der Waals surface area (Å²) in [6.07, 6.45) is 4.44. The third-order valence-corrected chi connectivity index (χ3v) is 3.22. The summed E-state index contributed by atoms with van der Waals surface area (Å²) in [6.45, 7) is 4.77. The second-order valence-electron chi connectivity index (χ2n) is 4.24. The van der Waals surface area contributed by atoms with Gasteiger partial charge in [0.2, 0.25) is 5.78 Å². The summed E-state index contributed by atoms with van der Waals surface area (Å²) in [6, 6.07) is 5.33. The summed E-state index contributed by atoms with van der Waals surface area (Å²) in [7, 11) is 0. The van der Waals surface area contributed by atoms with E-state index >= 15 is 0 Å². The number of hydrogen-bond donors (Lipinski definition) is 0. The molecule has 0 atom stereocenters. The summed E-state index contributed by atoms with van der Waals surface area (Å²) in [5.74, 6) is 0.382. The highest BCUT2D eigenvalue weighted by Crippen LogP contribution is 2.18. The van der Waals surface area contributed by atoms with E-state index in [4.69, 9.17) is 11.6 Å². The SMILES string of the molecule is CCCn1ccnc1C(=O)c1ccc(C)c(Cl)c1. The highest BCUT2D eigenvalue weighted by atomic mass is 35.5. The Hall–Kier alpha value is -1.61. The summed E-state index contributed by atoms with van der Waals surface area (Å²) < 4.78 is 1.87. The lowest BCUT2D eigenvalue weighted by Crippen LogP contribution is -2.11. The Morgan fingerprint density at radius 3 is 2.89 bits per heavy atom. The molecule has 3 nitrogen and oxygen atoms in total. The molecule has 0 saturated carbocycles. The number of ketones is 1. The van der Waals surface area contributed by atoms with Gasteiger partial charge in [-0.2, -0.15) is 0 Å². The number of aryl methyl sites for hydroxylation is 2. The first kappa shape index (κ1) is 12.8. The van der Waals surface area contributed by atoms with Crippen LogP contribution < -0.4 is 0 Å². The lowest BCUT2D eigenvalue weighted by atomic mass is 10.1. The zero-order chi connectivity index (χ0) is 13.1. The Kier molecular flexibility index (Phi) is 3.82. The summed E-state index contributed by atoms with van der Waals surface area (Å²) in [5.41, 5.74) is 1.54. The normalized spacial score (nSPS) is 10.6. The Morgan fingerprint density at radius 2 is 2.22 bits per heavy atom. The number of imidazole rings is 1. The summed E-state index contributed by atoms with van der Waals surface area (Å²) in [5, 5.41) is 0.606. The predicted molar refractivity (Wildman–Crippen MR) is 72.1 cm³/mol. The smallest absolute Gasteiger partial charge is 0.228 e. The van der Waals surface area contributed by atoms with Crippen molar-refractivity contribution in [1.82, 2.24) is 9.55 Å². The molecule has 0 spiro atoms. The van der Waals surface area contributed by atoms with Gasteiger partial charge in [-0.3, -0.25) is 4.79 Å². The second kappa shape index (κ2) is 5.36. The highest BCUT2D eigenvalue weighted by molar-refractivity contribution is 6.31. The van der Waals surface area contributed by atoms with E-state index in [2.05, 4.69) is 11.9 Å². The van der Waals surface area contributed by atoms with Gasteiger partial charge in [-0.25, -0.2) is 4.98 Å². The van der Waals surface area contributed by atoms with Crippen molar-refractivity contribution in [1.29, 1.82) is 0 Å². The van der Waals surface area contributed by atoms with Crippen LogP contribution in [0.2, 0.25) is 5.02 Å². The van der Waals surface area contributed by atoms with Crippen LogP contribution in [0.5, 0.6) is 0 Å². The first-order valence-electron chi connectivity index (χ1n) is 5.95. The molecule has 1 heterocycles. The maximum Gasteiger partial charge on any atom is 0.228 e. The van der Waals surface area contributed by atoms with Crippen LogP contribution in [0, 0.1) is 6.92 Å². The molecule has 0 saturated heterocycles. The fourth-order valence-corrected chi connectivity index (χ4v) is 1.98. The molecule has 0 aliphatic heterocycles. The van der Waals surface area contributed by atoms with Crippen LogP contribution in [0.3, 0.4) is 0 Å². The Balaban J connectivity index is 2.35. The number of carbonyl (C=O) groups excluding carboxylic acids is 1. The van der Waals surface area contributed by atoms with Gasteiger partial charge < -0.3 is 4.57 Å². The number of nitrogens with zero attached hydrogens (tertiary/aromatic N) is 2. The maximum absolute atomic E-state index is 12.3. The number of halogens is 1. The minimum absolute atomic E-state index is 0.0876. The fraction of sp³-hybridized carbons (Fsp3) is 0.286. The van der Waals surface area contributed by atoms with Crippen molar-refractivity contribution in [2.24, 2.45) is 0 Å². The van der Waals surface area contributed by atoms with Gasteiger partial charge in [0.1, 0.15) is 0 Å². The molecule has 1 aromatic heterocycles. The Labute approximate surface area is 111 Å². The number of carbonyl (C=O) groups is 1. The Bertz CT molecular complexity index is 575. The van der Waals surface area contributed by atoms with Crippen LogP contribution in [0.1, 0.15) is 35.1 Å². The van der Waals surface area contributed by atoms with Crippen molar-refractivity contribution in [3.63, 3.8) is 0 Å². The molecule has 94 valence electrons. The van der Waals surface area contributed by atoms with E-state index in [1.54, 1.807) is 18.3 Å². The number of rotatable bonds is 4. The van der Waals surface area contributed by atoms with Crippen molar-refractivity contribution in [2.75, 3.05) is 0 Å². The van der Waals surface area contributed by atoms with Crippen molar-refractivity contribution in [2.45, 2.75) is 26.8 Å². The largest absolute Gasteiger partial charge is 0.328 e. The van der Waals surface area contributed by atoms with Gasteiger partial charge in [0.15, 0.2) is 5.82 Å². The van der Waals surface area contributed by atoms with E-state index in [0.717, 1.165) is 18.5 Å². The molecular weight excluding hydrogens is 248 g/mol. The molecular formula is C14H15ClN2O. The fourth-order valence-electron chi connectivity index (χ4n) is 1.80. The van der Waals surface area contributed by atoms with Crippen LogP contribution >= 0.6 is 11.6 Å². The molecule has 0 radical (unpaired) electrons. The van der Waals surface area contributed by atoms with Gasteiger partial charge in [0, 0.05) is 29.5 Å². The predicted octanol–water partition coefficient (Wildman–Crippen LogP) is 3.49. The molecule has 2 rings (SSSR count). The molecule has 0 bridgehead atoms. The number of aromatic nitrogens is 2. The highest BCUT2D eigenvalue weighted by Gasteiger charge is 2.15. The van der Waals surface area contributed by atoms with E-state index in [0.29, 0.717) is 16.4 Å². The van der Waals surface area contributed by atoms with Crippen molar-refractivity contribution in [3.05, 3.63) is 52.6 Å². The molecule has 1 aromatic carbocycles. The third kappa shape index (κ3) is 2.46. The van der Waals surface area contributed by atoms with Gasteiger partial charge in [0.05, 0.1) is 0 Å². The van der Waals surface area contributed by atoms with E-state index in [1.165, 1.54) is 0 Å². The summed E-state index contributed by atoms with van der Waals surface area (Å²) >= 11 is 6.04. The molecule has 0 N–H and O–H groups in total. The standard InChI is InChI=1S/C14H15ClN2O/c1-3-7-17-8-6-16-14(17)13(18)11-5-4-10(2)12(15)9-11/h4-6,8-9H,3,7H2,1-2H3. The first-order chi connectivity index (χ1) is 8.63. The molecule has 4 heteroatoms. The van der Waals surface area contributed by atoms with E-state index in [9.17, 15) is 4.79 Å².